The van der Waals surface area contributed by atoms with Crippen molar-refractivity contribution >= 4 is 17.5 Å². The Morgan fingerprint density at radius 3 is 2.50 bits per heavy atom. The number of benzene rings is 2. The lowest BCUT2D eigenvalue weighted by Gasteiger charge is -2.22. The number of aromatic nitrogens is 1. The van der Waals surface area contributed by atoms with E-state index in [0.717, 1.165) is 17.8 Å². The molecule has 0 aliphatic carbocycles. The van der Waals surface area contributed by atoms with Gasteiger partial charge in [-0.3, -0.25) is 4.79 Å². The summed E-state index contributed by atoms with van der Waals surface area (Å²) in [6.45, 7) is 4.60. The largest absolute Gasteiger partial charge is 0.416 e. The molecule has 0 unspecified atom stereocenters. The van der Waals surface area contributed by atoms with Gasteiger partial charge in [0.15, 0.2) is 0 Å². The molecule has 0 aliphatic rings. The molecule has 0 N–H and O–H groups in total. The van der Waals surface area contributed by atoms with E-state index in [1.165, 1.54) is 6.07 Å². The van der Waals surface area contributed by atoms with Crippen LogP contribution in [-0.4, -0.2) is 21.9 Å². The van der Waals surface area contributed by atoms with Crippen LogP contribution in [0, 0.1) is 0 Å². The predicted octanol–water partition coefficient (Wildman–Crippen LogP) is 6.04. The third-order valence-electron chi connectivity index (χ3n) is 4.61. The molecule has 156 valence electrons. The highest BCUT2D eigenvalue weighted by Gasteiger charge is 2.30. The number of carbonyl (C=O) groups is 1. The average Bonchev–Trinajstić information content (AvgIpc) is 3.14. The zero-order valence-corrected chi connectivity index (χ0v) is 16.8. The van der Waals surface area contributed by atoms with Crippen LogP contribution in [0.3, 0.4) is 0 Å². The van der Waals surface area contributed by atoms with E-state index >= 15 is 0 Å². The molecule has 3 aromatic rings. The van der Waals surface area contributed by atoms with Crippen molar-refractivity contribution in [1.29, 1.82) is 0 Å². The Labute approximate surface area is 178 Å². The third-order valence-corrected chi connectivity index (χ3v) is 4.86. The molecule has 1 amide bonds. The van der Waals surface area contributed by atoms with Crippen molar-refractivity contribution in [2.24, 2.45) is 0 Å². The molecule has 0 saturated heterocycles. The summed E-state index contributed by atoms with van der Waals surface area (Å²) in [6.07, 6.45) is -0.969. The van der Waals surface area contributed by atoms with Gasteiger partial charge >= 0.3 is 6.18 Å². The molecular formula is C23H20ClF3N2O. The van der Waals surface area contributed by atoms with Crippen molar-refractivity contribution < 1.29 is 18.0 Å². The zero-order chi connectivity index (χ0) is 21.7. The van der Waals surface area contributed by atoms with Gasteiger partial charge in [-0.2, -0.15) is 13.2 Å². The molecule has 30 heavy (non-hydrogen) atoms. The molecule has 1 heterocycles. The Hall–Kier alpha value is -2.99. The lowest BCUT2D eigenvalue weighted by atomic mass is 10.1. The maximum Gasteiger partial charge on any atom is 0.416 e. The van der Waals surface area contributed by atoms with E-state index < -0.39 is 11.7 Å². The van der Waals surface area contributed by atoms with E-state index in [0.29, 0.717) is 29.2 Å². The van der Waals surface area contributed by atoms with Gasteiger partial charge in [-0.1, -0.05) is 29.8 Å². The fourth-order valence-corrected chi connectivity index (χ4v) is 3.26. The second kappa shape index (κ2) is 9.22. The van der Waals surface area contributed by atoms with Crippen LogP contribution >= 0.6 is 11.6 Å². The number of hydrogen-bond donors (Lipinski definition) is 0. The standard InChI is InChI=1S/C23H20ClF3N2O/c1-2-12-29(22(30)18-8-10-20(24)11-9-18)16-21-7-4-13-28(21)15-17-5-3-6-19(14-17)23(25,26)27/h2-11,13-14H,1,12,15-16H2. The highest BCUT2D eigenvalue weighted by Crippen LogP contribution is 2.29. The Balaban J connectivity index is 1.80. The lowest BCUT2D eigenvalue weighted by Crippen LogP contribution is -2.31. The molecule has 0 saturated carbocycles. The van der Waals surface area contributed by atoms with E-state index in [1.807, 2.05) is 16.7 Å². The lowest BCUT2D eigenvalue weighted by molar-refractivity contribution is -0.137. The zero-order valence-electron chi connectivity index (χ0n) is 16.1. The van der Waals surface area contributed by atoms with Crippen molar-refractivity contribution in [1.82, 2.24) is 9.47 Å². The molecule has 0 spiro atoms. The molecule has 0 bridgehead atoms. The van der Waals surface area contributed by atoms with E-state index in [1.54, 1.807) is 47.5 Å². The first kappa shape index (κ1) is 21.7. The van der Waals surface area contributed by atoms with Gasteiger partial charge in [0.05, 0.1) is 12.1 Å². The van der Waals surface area contributed by atoms with Crippen LogP contribution in [0.5, 0.6) is 0 Å². The summed E-state index contributed by atoms with van der Waals surface area (Å²) in [5.41, 5.74) is 1.15. The fraction of sp³-hybridized carbons (Fsp3) is 0.174. The monoisotopic (exact) mass is 432 g/mol. The summed E-state index contributed by atoms with van der Waals surface area (Å²) >= 11 is 5.89. The van der Waals surface area contributed by atoms with Gasteiger partial charge in [-0.05, 0) is 54.1 Å². The van der Waals surface area contributed by atoms with Crippen LogP contribution in [0.15, 0.2) is 79.5 Å². The molecule has 0 fully saturated rings. The predicted molar refractivity (Wildman–Crippen MR) is 111 cm³/mol. The molecular weight excluding hydrogens is 413 g/mol. The summed E-state index contributed by atoms with van der Waals surface area (Å²) in [7, 11) is 0. The van der Waals surface area contributed by atoms with E-state index in [4.69, 9.17) is 11.6 Å². The molecule has 2 aromatic carbocycles. The molecule has 3 rings (SSSR count). The quantitative estimate of drug-likeness (QED) is 0.418. The maximum absolute atomic E-state index is 13.0. The molecule has 0 aliphatic heterocycles. The molecule has 0 radical (unpaired) electrons. The normalized spacial score (nSPS) is 11.3. The summed E-state index contributed by atoms with van der Waals surface area (Å²) in [5, 5.41) is 0.539. The van der Waals surface area contributed by atoms with Gasteiger partial charge in [0.1, 0.15) is 0 Å². The first-order chi connectivity index (χ1) is 14.3. The average molecular weight is 433 g/mol. The van der Waals surface area contributed by atoms with Crippen molar-refractivity contribution in [3.8, 4) is 0 Å². The smallest absolute Gasteiger partial charge is 0.345 e. The molecule has 7 heteroatoms. The van der Waals surface area contributed by atoms with Crippen molar-refractivity contribution in [3.05, 3.63) is 107 Å². The minimum absolute atomic E-state index is 0.182. The van der Waals surface area contributed by atoms with Crippen molar-refractivity contribution in [2.45, 2.75) is 19.3 Å². The summed E-state index contributed by atoms with van der Waals surface area (Å²) < 4.78 is 40.8. The Morgan fingerprint density at radius 1 is 1.10 bits per heavy atom. The molecule has 1 aromatic heterocycles. The highest BCUT2D eigenvalue weighted by atomic mass is 35.5. The summed E-state index contributed by atoms with van der Waals surface area (Å²) in [5.74, 6) is -0.182. The van der Waals surface area contributed by atoms with E-state index in [2.05, 4.69) is 6.58 Å². The van der Waals surface area contributed by atoms with Gasteiger partial charge in [0.2, 0.25) is 0 Å². The first-order valence-electron chi connectivity index (χ1n) is 9.24. The number of carbonyl (C=O) groups excluding carboxylic acids is 1. The Kier molecular flexibility index (Phi) is 6.67. The van der Waals surface area contributed by atoms with Gasteiger partial charge in [-0.15, -0.1) is 6.58 Å². The van der Waals surface area contributed by atoms with Gasteiger partial charge in [0, 0.05) is 35.6 Å². The fourth-order valence-electron chi connectivity index (χ4n) is 3.14. The van der Waals surface area contributed by atoms with Gasteiger partial charge in [0.25, 0.3) is 5.91 Å². The highest BCUT2D eigenvalue weighted by molar-refractivity contribution is 6.30. The van der Waals surface area contributed by atoms with Crippen LogP contribution < -0.4 is 0 Å². The van der Waals surface area contributed by atoms with Crippen LogP contribution in [-0.2, 0) is 19.3 Å². The second-order valence-corrected chi connectivity index (χ2v) is 7.24. The van der Waals surface area contributed by atoms with Crippen LogP contribution in [0.2, 0.25) is 5.02 Å². The van der Waals surface area contributed by atoms with Crippen LogP contribution in [0.1, 0.15) is 27.2 Å². The minimum atomic E-state index is -4.39. The topological polar surface area (TPSA) is 25.2 Å². The number of halogens is 4. The Bertz CT molecular complexity index is 1030. The van der Waals surface area contributed by atoms with E-state index in [9.17, 15) is 18.0 Å². The Morgan fingerprint density at radius 2 is 1.83 bits per heavy atom. The number of alkyl halides is 3. The van der Waals surface area contributed by atoms with Crippen LogP contribution in [0.4, 0.5) is 13.2 Å². The number of hydrogen-bond acceptors (Lipinski definition) is 1. The second-order valence-electron chi connectivity index (χ2n) is 6.81. The minimum Gasteiger partial charge on any atom is -0.345 e. The number of nitrogens with zero attached hydrogens (tertiary/aromatic N) is 2. The molecule has 0 atom stereocenters. The number of amides is 1. The van der Waals surface area contributed by atoms with E-state index in [-0.39, 0.29) is 12.5 Å². The van der Waals surface area contributed by atoms with Crippen molar-refractivity contribution in [3.63, 3.8) is 0 Å². The summed E-state index contributed by atoms with van der Waals surface area (Å²) in [6, 6.07) is 15.5. The third kappa shape index (κ3) is 5.33. The number of rotatable bonds is 7. The molecule has 3 nitrogen and oxygen atoms in total. The van der Waals surface area contributed by atoms with Gasteiger partial charge < -0.3 is 9.47 Å². The maximum atomic E-state index is 13.0. The van der Waals surface area contributed by atoms with Crippen molar-refractivity contribution in [2.75, 3.05) is 6.54 Å². The van der Waals surface area contributed by atoms with Crippen LogP contribution in [0.25, 0.3) is 0 Å². The van der Waals surface area contributed by atoms with Gasteiger partial charge in [-0.25, -0.2) is 0 Å². The first-order valence-corrected chi connectivity index (χ1v) is 9.61. The SMILES string of the molecule is C=CCN(Cc1cccn1Cc1cccc(C(F)(F)F)c1)C(=O)c1ccc(Cl)cc1. The summed E-state index contributed by atoms with van der Waals surface area (Å²) in [4.78, 5) is 14.5.